The van der Waals surface area contributed by atoms with E-state index in [4.69, 9.17) is 0 Å². The highest BCUT2D eigenvalue weighted by Crippen LogP contribution is 2.38. The van der Waals surface area contributed by atoms with E-state index in [9.17, 15) is 4.39 Å². The molecule has 3 heteroatoms. The van der Waals surface area contributed by atoms with E-state index >= 15 is 0 Å². The minimum atomic E-state index is -0.144. The first-order valence-corrected chi connectivity index (χ1v) is 9.58. The van der Waals surface area contributed by atoms with Crippen LogP contribution in [0.15, 0.2) is 54.7 Å². The molecule has 136 valence electrons. The van der Waals surface area contributed by atoms with Crippen LogP contribution >= 0.6 is 0 Å². The molecular weight excluding hydrogens is 323 g/mol. The summed E-state index contributed by atoms with van der Waals surface area (Å²) < 4.78 is 14.2. The highest BCUT2D eigenvalue weighted by molar-refractivity contribution is 5.46. The van der Waals surface area contributed by atoms with Gasteiger partial charge >= 0.3 is 0 Å². The Labute approximate surface area is 155 Å². The Balaban J connectivity index is 1.81. The van der Waals surface area contributed by atoms with Crippen LogP contribution in [0.5, 0.6) is 0 Å². The lowest BCUT2D eigenvalue weighted by Gasteiger charge is -2.43. The van der Waals surface area contributed by atoms with Crippen molar-refractivity contribution in [3.8, 4) is 0 Å². The molecule has 0 aromatic heterocycles. The maximum atomic E-state index is 14.2. The number of halogens is 1. The van der Waals surface area contributed by atoms with Gasteiger partial charge in [-0.2, -0.15) is 0 Å². The molecule has 1 fully saturated rings. The average molecular weight is 350 g/mol. The quantitative estimate of drug-likeness (QED) is 0.871. The van der Waals surface area contributed by atoms with Crippen molar-refractivity contribution in [2.45, 2.75) is 44.7 Å². The average Bonchev–Trinajstić information content (AvgIpc) is 2.78. The Hall–Kier alpha value is -2.13. The molecule has 0 radical (unpaired) electrons. The number of piperazine rings is 1. The summed E-state index contributed by atoms with van der Waals surface area (Å²) in [7, 11) is 0. The van der Waals surface area contributed by atoms with Crippen molar-refractivity contribution >= 4 is 0 Å². The van der Waals surface area contributed by atoms with E-state index < -0.39 is 0 Å². The molecule has 1 aliphatic heterocycles. The highest BCUT2D eigenvalue weighted by atomic mass is 19.1. The maximum Gasteiger partial charge on any atom is 0.123 e. The van der Waals surface area contributed by atoms with Gasteiger partial charge in [-0.3, -0.25) is 0 Å². The van der Waals surface area contributed by atoms with E-state index in [1.54, 1.807) is 12.1 Å². The lowest BCUT2D eigenvalue weighted by molar-refractivity contribution is 0.204. The third-order valence-corrected chi connectivity index (χ3v) is 5.89. The summed E-state index contributed by atoms with van der Waals surface area (Å²) in [6, 6.07) is 14.7. The Bertz CT molecular complexity index is 827. The van der Waals surface area contributed by atoms with E-state index in [1.807, 2.05) is 6.07 Å². The third kappa shape index (κ3) is 3.05. The van der Waals surface area contributed by atoms with Gasteiger partial charge in [0.15, 0.2) is 0 Å². The van der Waals surface area contributed by atoms with Crippen LogP contribution in [0, 0.1) is 5.82 Å². The molecule has 2 nitrogen and oxygen atoms in total. The molecule has 0 amide bonds. The molecule has 0 spiro atoms. The summed E-state index contributed by atoms with van der Waals surface area (Å²) in [5.74, 6) is 0.0165. The first kappa shape index (κ1) is 17.3. The number of nitrogens with one attached hydrogen (secondary N) is 1. The Morgan fingerprint density at radius 3 is 2.58 bits per heavy atom. The first-order valence-electron chi connectivity index (χ1n) is 9.58. The van der Waals surface area contributed by atoms with Crippen molar-refractivity contribution < 1.29 is 4.39 Å². The van der Waals surface area contributed by atoms with Gasteiger partial charge in [0, 0.05) is 36.8 Å². The Kier molecular flexibility index (Phi) is 4.58. The van der Waals surface area contributed by atoms with Crippen LogP contribution in [-0.4, -0.2) is 30.1 Å². The zero-order valence-electron chi connectivity index (χ0n) is 15.6. The number of aryl methyl sites for hydroxylation is 2. The molecule has 1 aliphatic carbocycles. The van der Waals surface area contributed by atoms with Gasteiger partial charge in [-0.15, -0.1) is 0 Å². The molecule has 26 heavy (non-hydrogen) atoms. The zero-order chi connectivity index (χ0) is 18.3. The van der Waals surface area contributed by atoms with Crippen LogP contribution < -0.4 is 5.32 Å². The van der Waals surface area contributed by atoms with Gasteiger partial charge < -0.3 is 10.2 Å². The minimum absolute atomic E-state index is 0.144. The van der Waals surface area contributed by atoms with Gasteiger partial charge in [0.1, 0.15) is 5.82 Å². The van der Waals surface area contributed by atoms with Crippen molar-refractivity contribution in [2.24, 2.45) is 0 Å². The smallest absolute Gasteiger partial charge is 0.123 e. The second kappa shape index (κ2) is 6.88. The third-order valence-electron chi connectivity index (χ3n) is 5.89. The largest absolute Gasteiger partial charge is 0.370 e. The van der Waals surface area contributed by atoms with Gasteiger partial charge in [-0.25, -0.2) is 4.39 Å². The highest BCUT2D eigenvalue weighted by Gasteiger charge is 2.34. The van der Waals surface area contributed by atoms with Crippen LogP contribution in [0.2, 0.25) is 0 Å². The van der Waals surface area contributed by atoms with Gasteiger partial charge in [-0.1, -0.05) is 36.9 Å². The second-order valence-electron chi connectivity index (χ2n) is 7.82. The fraction of sp³-hybridized carbons (Fsp3) is 0.391. The summed E-state index contributed by atoms with van der Waals surface area (Å²) in [4.78, 5) is 2.38. The summed E-state index contributed by atoms with van der Waals surface area (Å²) in [6.07, 6.45) is 1.98. The summed E-state index contributed by atoms with van der Waals surface area (Å²) in [6.45, 7) is 10.3. The van der Waals surface area contributed by atoms with E-state index in [0.717, 1.165) is 37.2 Å². The summed E-state index contributed by atoms with van der Waals surface area (Å²) in [5.41, 5.74) is 6.28. The number of rotatable bonds is 2. The number of hydrogen-bond donors (Lipinski definition) is 1. The molecular formula is C23H27FN2. The summed E-state index contributed by atoms with van der Waals surface area (Å²) >= 11 is 0. The van der Waals surface area contributed by atoms with Crippen LogP contribution in [0.4, 0.5) is 4.39 Å². The monoisotopic (exact) mass is 350 g/mol. The number of benzene rings is 2. The van der Waals surface area contributed by atoms with Crippen molar-refractivity contribution in [3.05, 3.63) is 82.8 Å². The van der Waals surface area contributed by atoms with Crippen molar-refractivity contribution in [3.63, 3.8) is 0 Å². The lowest BCUT2D eigenvalue weighted by Crippen LogP contribution is -2.53. The number of nitrogens with zero attached hydrogens (tertiary/aromatic N) is 1. The molecule has 4 rings (SSSR count). The van der Waals surface area contributed by atoms with Gasteiger partial charge in [0.2, 0.25) is 0 Å². The molecule has 1 heterocycles. The molecule has 2 aliphatic rings. The fourth-order valence-electron chi connectivity index (χ4n) is 4.57. The minimum Gasteiger partial charge on any atom is -0.370 e. The molecule has 1 saturated heterocycles. The topological polar surface area (TPSA) is 15.3 Å². The first-order chi connectivity index (χ1) is 12.5. The molecule has 2 atom stereocenters. The number of hydrogen-bond acceptors (Lipinski definition) is 2. The predicted molar refractivity (Wildman–Crippen MR) is 105 cm³/mol. The predicted octanol–water partition coefficient (Wildman–Crippen LogP) is 4.25. The van der Waals surface area contributed by atoms with Crippen molar-refractivity contribution in [2.75, 3.05) is 13.1 Å². The van der Waals surface area contributed by atoms with E-state index in [2.05, 4.69) is 54.9 Å². The standard InChI is InChI=1S/C23H27FN2/c1-15(2)26-14-22(25-13-16(26)3)23-20-7-5-4-6-17(20)8-9-18-10-11-19(24)12-21(18)23/h4-7,10-12,15,22-23,25H,3,8-9,13-14H2,1-2H3. The van der Waals surface area contributed by atoms with E-state index in [1.165, 1.54) is 16.7 Å². The van der Waals surface area contributed by atoms with Crippen LogP contribution in [0.1, 0.15) is 42.0 Å². The van der Waals surface area contributed by atoms with Crippen LogP contribution in [0.25, 0.3) is 0 Å². The molecule has 0 saturated carbocycles. The fourth-order valence-corrected chi connectivity index (χ4v) is 4.57. The van der Waals surface area contributed by atoms with Gasteiger partial charge in [-0.05, 0) is 61.1 Å². The molecule has 0 bridgehead atoms. The second-order valence-corrected chi connectivity index (χ2v) is 7.82. The van der Waals surface area contributed by atoms with Crippen molar-refractivity contribution in [1.29, 1.82) is 0 Å². The zero-order valence-corrected chi connectivity index (χ0v) is 15.6. The van der Waals surface area contributed by atoms with Crippen molar-refractivity contribution in [1.82, 2.24) is 10.2 Å². The lowest BCUT2D eigenvalue weighted by atomic mass is 9.81. The van der Waals surface area contributed by atoms with Gasteiger partial charge in [0.25, 0.3) is 0 Å². The van der Waals surface area contributed by atoms with E-state index in [0.29, 0.717) is 6.04 Å². The Morgan fingerprint density at radius 2 is 1.81 bits per heavy atom. The molecule has 2 aromatic carbocycles. The van der Waals surface area contributed by atoms with Crippen LogP contribution in [0.3, 0.4) is 0 Å². The number of fused-ring (bicyclic) bond motifs is 2. The molecule has 2 unspecified atom stereocenters. The maximum absolute atomic E-state index is 14.2. The summed E-state index contributed by atoms with van der Waals surface area (Å²) in [5, 5.41) is 3.69. The van der Waals surface area contributed by atoms with Crippen LogP contribution in [-0.2, 0) is 12.8 Å². The SMILES string of the molecule is C=C1CNC(C2c3ccccc3CCc3ccc(F)cc32)CN1C(C)C. The van der Waals surface area contributed by atoms with E-state index in [-0.39, 0.29) is 17.8 Å². The molecule has 2 aromatic rings. The molecule has 1 N–H and O–H groups in total. The normalized spacial score (nSPS) is 22.8. The Morgan fingerprint density at radius 1 is 1.08 bits per heavy atom. The van der Waals surface area contributed by atoms with Gasteiger partial charge in [0.05, 0.1) is 0 Å².